The lowest BCUT2D eigenvalue weighted by Gasteiger charge is -2.40. The number of nitrogens with one attached hydrogen (secondary N) is 1. The average molecular weight is 502 g/mol. The molecule has 1 aliphatic heterocycles. The second kappa shape index (κ2) is 9.88. The summed E-state index contributed by atoms with van der Waals surface area (Å²) in [5.41, 5.74) is 4.30. The van der Waals surface area contributed by atoms with Crippen molar-refractivity contribution in [3.8, 4) is 0 Å². The van der Waals surface area contributed by atoms with Crippen molar-refractivity contribution in [2.45, 2.75) is 71.6 Å². The fourth-order valence-corrected chi connectivity index (χ4v) is 5.97. The second-order valence-corrected chi connectivity index (χ2v) is 10.3. The number of aryl methyl sites for hydroxylation is 2. The number of carbonyl (C=O) groups is 1. The zero-order valence-corrected chi connectivity index (χ0v) is 21.5. The van der Waals surface area contributed by atoms with Gasteiger partial charge in [-0.3, -0.25) is 14.5 Å². The Morgan fingerprint density at radius 3 is 2.56 bits per heavy atom. The number of hydrogen-bond donors (Lipinski definition) is 1. The predicted molar refractivity (Wildman–Crippen MR) is 136 cm³/mol. The molecule has 3 heterocycles. The highest BCUT2D eigenvalue weighted by atomic mass is 19.4. The molecule has 3 aromatic rings. The van der Waals surface area contributed by atoms with Crippen molar-refractivity contribution in [2.24, 2.45) is 5.92 Å². The predicted octanol–water partition coefficient (Wildman–Crippen LogP) is 5.90. The summed E-state index contributed by atoms with van der Waals surface area (Å²) in [7, 11) is 1.53. The van der Waals surface area contributed by atoms with Gasteiger partial charge in [0.15, 0.2) is 5.78 Å². The molecule has 0 amide bonds. The number of Topliss-reactive ketones (excluding diaryl/α,β-unsaturated/α-hetero) is 1. The van der Waals surface area contributed by atoms with Crippen LogP contribution in [0.4, 0.5) is 13.2 Å². The molecule has 1 fully saturated rings. The van der Waals surface area contributed by atoms with E-state index in [1.54, 1.807) is 0 Å². The van der Waals surface area contributed by atoms with Gasteiger partial charge in [-0.2, -0.15) is 13.2 Å². The van der Waals surface area contributed by atoms with Gasteiger partial charge < -0.3 is 9.55 Å². The number of piperidine rings is 1. The minimum Gasteiger partial charge on any atom is -0.341 e. The van der Waals surface area contributed by atoms with Crippen LogP contribution in [0.3, 0.4) is 0 Å². The Hall–Kier alpha value is -2.87. The Bertz CT molecular complexity index is 1340. The molecule has 1 N–H and O–H groups in total. The van der Waals surface area contributed by atoms with Gasteiger partial charge in [-0.25, -0.2) is 0 Å². The van der Waals surface area contributed by atoms with E-state index in [-0.39, 0.29) is 36.1 Å². The Kier molecular flexibility index (Phi) is 7.19. The summed E-state index contributed by atoms with van der Waals surface area (Å²) in [4.78, 5) is 30.1. The van der Waals surface area contributed by atoms with Gasteiger partial charge in [-0.15, -0.1) is 0 Å². The fourth-order valence-electron chi connectivity index (χ4n) is 5.97. The molecule has 8 heteroatoms. The largest absolute Gasteiger partial charge is 0.404 e. The van der Waals surface area contributed by atoms with Crippen LogP contribution in [0.1, 0.15) is 65.1 Å². The van der Waals surface area contributed by atoms with Crippen LogP contribution in [0.2, 0.25) is 0 Å². The van der Waals surface area contributed by atoms with Gasteiger partial charge >= 0.3 is 6.18 Å². The van der Waals surface area contributed by atoms with Crippen molar-refractivity contribution in [3.05, 3.63) is 68.8 Å². The van der Waals surface area contributed by atoms with Gasteiger partial charge in [-0.05, 0) is 84.2 Å². The number of para-hydroxylation sites is 1. The van der Waals surface area contributed by atoms with Crippen LogP contribution >= 0.6 is 0 Å². The molecule has 0 radical (unpaired) electrons. The maximum atomic E-state index is 13.7. The smallest absolute Gasteiger partial charge is 0.341 e. The maximum absolute atomic E-state index is 13.7. The van der Waals surface area contributed by atoms with Crippen LogP contribution in [-0.2, 0) is 6.42 Å². The highest BCUT2D eigenvalue weighted by Gasteiger charge is 2.46. The van der Waals surface area contributed by atoms with Crippen molar-refractivity contribution in [1.82, 2.24) is 14.5 Å². The number of carbonyl (C=O) groups excluding carboxylic acids is 1. The first-order chi connectivity index (χ1) is 16.9. The summed E-state index contributed by atoms with van der Waals surface area (Å²) in [5.74, 6) is -0.232. The number of ketones is 1. The molecule has 0 saturated carbocycles. The highest BCUT2D eigenvalue weighted by molar-refractivity contribution is 6.09. The van der Waals surface area contributed by atoms with Crippen LogP contribution in [0.25, 0.3) is 10.9 Å². The molecule has 0 bridgehead atoms. The Balaban J connectivity index is 1.66. The van der Waals surface area contributed by atoms with E-state index in [1.807, 2.05) is 58.0 Å². The third-order valence-corrected chi connectivity index (χ3v) is 7.91. The van der Waals surface area contributed by atoms with Gasteiger partial charge in [0, 0.05) is 45.9 Å². The number of H-pyrrole nitrogens is 1. The molecule has 5 nitrogen and oxygen atoms in total. The van der Waals surface area contributed by atoms with E-state index in [0.29, 0.717) is 30.5 Å². The van der Waals surface area contributed by atoms with Crippen LogP contribution in [0, 0.1) is 26.7 Å². The fraction of sp³-hybridized carbons (Fsp3) is 0.500. The topological polar surface area (TPSA) is 58.1 Å². The van der Waals surface area contributed by atoms with Gasteiger partial charge in [0.1, 0.15) is 6.04 Å². The zero-order valence-electron chi connectivity index (χ0n) is 21.5. The lowest BCUT2D eigenvalue weighted by molar-refractivity contribution is -0.192. The first-order valence-corrected chi connectivity index (χ1v) is 12.5. The summed E-state index contributed by atoms with van der Waals surface area (Å²) in [6.45, 7) is 7.92. The quantitative estimate of drug-likeness (QED) is 0.428. The Morgan fingerprint density at radius 2 is 1.89 bits per heavy atom. The number of benzene rings is 1. The summed E-state index contributed by atoms with van der Waals surface area (Å²) in [5, 5.41) is 0.807. The minimum absolute atomic E-state index is 0.0336. The van der Waals surface area contributed by atoms with E-state index in [9.17, 15) is 22.8 Å². The molecule has 1 aromatic carbocycles. The summed E-state index contributed by atoms with van der Waals surface area (Å²) in [6, 6.07) is 7.83. The average Bonchev–Trinajstić information content (AvgIpc) is 3.09. The van der Waals surface area contributed by atoms with Crippen LogP contribution in [0.5, 0.6) is 0 Å². The molecule has 1 aliphatic rings. The van der Waals surface area contributed by atoms with E-state index >= 15 is 0 Å². The molecular weight excluding hydrogens is 467 g/mol. The highest BCUT2D eigenvalue weighted by Crippen LogP contribution is 2.40. The lowest BCUT2D eigenvalue weighted by atomic mass is 9.85. The molecule has 194 valence electrons. The monoisotopic (exact) mass is 501 g/mol. The maximum Gasteiger partial charge on any atom is 0.404 e. The van der Waals surface area contributed by atoms with Gasteiger partial charge in [0.2, 0.25) is 0 Å². The molecule has 1 saturated heterocycles. The van der Waals surface area contributed by atoms with E-state index in [2.05, 4.69) is 9.55 Å². The van der Waals surface area contributed by atoms with Gasteiger partial charge in [-0.1, -0.05) is 18.2 Å². The number of hydrogen-bond acceptors (Lipinski definition) is 3. The molecule has 0 spiro atoms. The number of fused-ring (bicyclic) bond motifs is 1. The first kappa shape index (κ1) is 26.2. The van der Waals surface area contributed by atoms with Crippen molar-refractivity contribution < 1.29 is 18.0 Å². The molecule has 3 atom stereocenters. The van der Waals surface area contributed by atoms with Crippen molar-refractivity contribution >= 4 is 16.7 Å². The number of pyridine rings is 1. The van der Waals surface area contributed by atoms with Crippen LogP contribution in [-0.4, -0.2) is 46.0 Å². The van der Waals surface area contributed by atoms with E-state index in [4.69, 9.17) is 0 Å². The van der Waals surface area contributed by atoms with E-state index in [1.165, 1.54) is 11.9 Å². The molecule has 4 rings (SSSR count). The standard InChI is InChI=1S/C28H34F3N3O2/c1-16-14-17(2)32-27(36)21(16)10-11-24(35)26-19(4)34(23-9-7-6-8-22(23)26)18(3)20-12-13-33(5)25(15-20)28(29,30)31/h6-9,14,18,20,25H,10-13,15H2,1-5H3,(H,32,36)/t18-,20+,25-/m0/s1. The number of aromatic nitrogens is 2. The van der Waals surface area contributed by atoms with Crippen LogP contribution < -0.4 is 5.56 Å². The lowest BCUT2D eigenvalue weighted by Crippen LogP contribution is -2.49. The second-order valence-electron chi connectivity index (χ2n) is 10.3. The number of halogens is 3. The zero-order chi connectivity index (χ0) is 26.4. The SMILES string of the molecule is Cc1cc(C)c(CCC(=O)c2c(C)n([C@@H](C)[C@@H]3CCN(C)[C@H](C(F)(F)F)C3)c3ccccc23)c(=O)[nH]1. The molecule has 36 heavy (non-hydrogen) atoms. The number of alkyl halides is 3. The van der Waals surface area contributed by atoms with Crippen molar-refractivity contribution in [3.63, 3.8) is 0 Å². The Labute approximate surface area is 209 Å². The summed E-state index contributed by atoms with van der Waals surface area (Å²) >= 11 is 0. The van der Waals surface area contributed by atoms with Crippen molar-refractivity contribution in [2.75, 3.05) is 13.6 Å². The summed E-state index contributed by atoms with van der Waals surface area (Å²) in [6.07, 6.45) is -3.06. The van der Waals surface area contributed by atoms with E-state index < -0.39 is 12.2 Å². The number of likely N-dealkylation sites (tertiary alicyclic amines) is 1. The Morgan fingerprint density at radius 1 is 1.19 bits per heavy atom. The molecule has 2 aromatic heterocycles. The first-order valence-electron chi connectivity index (χ1n) is 12.5. The number of nitrogens with zero attached hydrogens (tertiary/aromatic N) is 2. The van der Waals surface area contributed by atoms with Gasteiger partial charge in [0.25, 0.3) is 5.56 Å². The molecule has 0 aliphatic carbocycles. The third kappa shape index (κ3) is 4.88. The van der Waals surface area contributed by atoms with Crippen molar-refractivity contribution in [1.29, 1.82) is 0 Å². The normalized spacial score (nSPS) is 20.1. The number of rotatable bonds is 6. The third-order valence-electron chi connectivity index (χ3n) is 7.91. The van der Waals surface area contributed by atoms with Crippen LogP contribution in [0.15, 0.2) is 35.1 Å². The molecule has 0 unspecified atom stereocenters. The summed E-state index contributed by atoms with van der Waals surface area (Å²) < 4.78 is 43.0. The van der Waals surface area contributed by atoms with Gasteiger partial charge in [0.05, 0.1) is 0 Å². The van der Waals surface area contributed by atoms with E-state index in [0.717, 1.165) is 27.9 Å². The number of aromatic amines is 1. The molecular formula is C28H34F3N3O2. The minimum atomic E-state index is -4.27.